The summed E-state index contributed by atoms with van der Waals surface area (Å²) in [6, 6.07) is 24.5. The summed E-state index contributed by atoms with van der Waals surface area (Å²) < 4.78 is 14.3. The van der Waals surface area contributed by atoms with E-state index >= 15 is 0 Å². The number of para-hydroxylation sites is 3. The number of hydrogen-bond acceptors (Lipinski definition) is 3. The second-order valence-corrected chi connectivity index (χ2v) is 7.40. The second kappa shape index (κ2) is 9.98. The van der Waals surface area contributed by atoms with Crippen LogP contribution in [-0.4, -0.2) is 16.2 Å². The van der Waals surface area contributed by atoms with Gasteiger partial charge in [0.2, 0.25) is 0 Å². The largest absolute Gasteiger partial charge is 0.491 e. The van der Waals surface area contributed by atoms with Crippen LogP contribution in [0.1, 0.15) is 23.9 Å². The molecule has 0 saturated carbocycles. The average Bonchev–Trinajstić information content (AvgIpc) is 3.17. The first-order valence-electron chi connectivity index (χ1n) is 10.8. The summed E-state index contributed by atoms with van der Waals surface area (Å²) in [4.78, 5) is 4.80. The lowest BCUT2D eigenvalue weighted by atomic mass is 10.1. The SMILES string of the molecule is C=CCc1ccccc1OCCn1c(COc2ccc(CC)cc2)nc2ccccc21. The van der Waals surface area contributed by atoms with Gasteiger partial charge in [0, 0.05) is 0 Å². The summed E-state index contributed by atoms with van der Waals surface area (Å²) >= 11 is 0. The maximum atomic E-state index is 6.12. The summed E-state index contributed by atoms with van der Waals surface area (Å²) in [5.74, 6) is 2.65. The first-order chi connectivity index (χ1) is 15.3. The Morgan fingerprint density at radius 3 is 2.52 bits per heavy atom. The van der Waals surface area contributed by atoms with E-state index in [0.717, 1.165) is 46.8 Å². The fraction of sp³-hybridized carbons (Fsp3) is 0.222. The Kier molecular flexibility index (Phi) is 6.68. The normalized spacial score (nSPS) is 10.9. The monoisotopic (exact) mass is 412 g/mol. The van der Waals surface area contributed by atoms with Crippen molar-refractivity contribution in [2.24, 2.45) is 0 Å². The number of aryl methyl sites for hydroxylation is 1. The Morgan fingerprint density at radius 1 is 0.935 bits per heavy atom. The predicted octanol–water partition coefficient (Wildman–Crippen LogP) is 5.99. The van der Waals surface area contributed by atoms with E-state index in [2.05, 4.69) is 42.3 Å². The lowest BCUT2D eigenvalue weighted by Gasteiger charge is -2.13. The van der Waals surface area contributed by atoms with Crippen LogP contribution in [0.25, 0.3) is 11.0 Å². The van der Waals surface area contributed by atoms with Crippen molar-refractivity contribution in [3.8, 4) is 11.5 Å². The van der Waals surface area contributed by atoms with E-state index in [9.17, 15) is 0 Å². The number of allylic oxidation sites excluding steroid dienone is 1. The fourth-order valence-corrected chi connectivity index (χ4v) is 3.67. The van der Waals surface area contributed by atoms with E-state index in [-0.39, 0.29) is 0 Å². The van der Waals surface area contributed by atoms with Crippen LogP contribution in [0.5, 0.6) is 11.5 Å². The number of aromatic nitrogens is 2. The van der Waals surface area contributed by atoms with Crippen molar-refractivity contribution in [2.75, 3.05) is 6.61 Å². The van der Waals surface area contributed by atoms with Gasteiger partial charge in [0.05, 0.1) is 17.6 Å². The zero-order valence-corrected chi connectivity index (χ0v) is 18.0. The molecule has 0 spiro atoms. The predicted molar refractivity (Wildman–Crippen MR) is 126 cm³/mol. The van der Waals surface area contributed by atoms with Gasteiger partial charge in [0.25, 0.3) is 0 Å². The molecule has 0 atom stereocenters. The molecule has 0 aliphatic rings. The zero-order chi connectivity index (χ0) is 21.5. The molecule has 4 aromatic rings. The molecular formula is C27H28N2O2. The van der Waals surface area contributed by atoms with Crippen LogP contribution in [0.15, 0.2) is 85.5 Å². The van der Waals surface area contributed by atoms with Gasteiger partial charge in [0.15, 0.2) is 0 Å². The first-order valence-corrected chi connectivity index (χ1v) is 10.8. The molecule has 4 rings (SSSR count). The first kappa shape index (κ1) is 20.7. The van der Waals surface area contributed by atoms with Gasteiger partial charge in [-0.3, -0.25) is 0 Å². The standard InChI is InChI=1S/C27H28N2O2/c1-3-9-22-10-5-8-13-26(22)30-19-18-29-25-12-7-6-11-24(25)28-27(29)20-31-23-16-14-21(4-2)15-17-23/h3,5-8,10-17H,1,4,9,18-20H2,2H3. The van der Waals surface area contributed by atoms with Gasteiger partial charge >= 0.3 is 0 Å². The average molecular weight is 413 g/mol. The highest BCUT2D eigenvalue weighted by Gasteiger charge is 2.12. The van der Waals surface area contributed by atoms with Crippen LogP contribution in [0, 0.1) is 0 Å². The maximum Gasteiger partial charge on any atom is 0.148 e. The molecule has 0 amide bonds. The summed E-state index contributed by atoms with van der Waals surface area (Å²) in [6.45, 7) is 7.63. The quantitative estimate of drug-likeness (QED) is 0.300. The Labute approximate surface area is 183 Å². The lowest BCUT2D eigenvalue weighted by Crippen LogP contribution is -2.13. The number of hydrogen-bond donors (Lipinski definition) is 0. The van der Waals surface area contributed by atoms with Gasteiger partial charge in [-0.15, -0.1) is 6.58 Å². The van der Waals surface area contributed by atoms with E-state index in [1.165, 1.54) is 5.56 Å². The molecule has 0 aliphatic carbocycles. The Bertz CT molecular complexity index is 1150. The summed E-state index contributed by atoms with van der Waals surface area (Å²) in [5, 5.41) is 0. The number of rotatable bonds is 10. The smallest absolute Gasteiger partial charge is 0.148 e. The van der Waals surface area contributed by atoms with Crippen LogP contribution in [0.2, 0.25) is 0 Å². The minimum Gasteiger partial charge on any atom is -0.491 e. The van der Waals surface area contributed by atoms with Gasteiger partial charge in [-0.25, -0.2) is 4.98 Å². The molecule has 0 aliphatic heterocycles. The maximum absolute atomic E-state index is 6.12. The third-order valence-electron chi connectivity index (χ3n) is 5.34. The molecule has 0 N–H and O–H groups in total. The minimum absolute atomic E-state index is 0.410. The summed E-state index contributed by atoms with van der Waals surface area (Å²) in [5.41, 5.74) is 4.50. The van der Waals surface area contributed by atoms with Gasteiger partial charge < -0.3 is 14.0 Å². The van der Waals surface area contributed by atoms with E-state index in [1.807, 2.05) is 54.6 Å². The third kappa shape index (κ3) is 4.97. The number of imidazole rings is 1. The van der Waals surface area contributed by atoms with E-state index < -0.39 is 0 Å². The molecule has 31 heavy (non-hydrogen) atoms. The molecule has 0 radical (unpaired) electrons. The van der Waals surface area contributed by atoms with Crippen LogP contribution >= 0.6 is 0 Å². The molecule has 4 heteroatoms. The highest BCUT2D eigenvalue weighted by molar-refractivity contribution is 5.75. The van der Waals surface area contributed by atoms with Gasteiger partial charge in [0.1, 0.15) is 30.5 Å². The van der Waals surface area contributed by atoms with Crippen molar-refractivity contribution in [3.63, 3.8) is 0 Å². The molecule has 1 heterocycles. The molecule has 3 aromatic carbocycles. The van der Waals surface area contributed by atoms with Crippen molar-refractivity contribution >= 4 is 11.0 Å². The Balaban J connectivity index is 1.49. The van der Waals surface area contributed by atoms with Crippen LogP contribution in [-0.2, 0) is 26.0 Å². The molecule has 1 aromatic heterocycles. The number of ether oxygens (including phenoxy) is 2. The molecule has 0 unspecified atom stereocenters. The van der Waals surface area contributed by atoms with Crippen molar-refractivity contribution in [1.29, 1.82) is 0 Å². The summed E-state index contributed by atoms with van der Waals surface area (Å²) in [7, 11) is 0. The lowest BCUT2D eigenvalue weighted by molar-refractivity contribution is 0.271. The van der Waals surface area contributed by atoms with Gasteiger partial charge in [-0.2, -0.15) is 0 Å². The van der Waals surface area contributed by atoms with Crippen LogP contribution in [0.4, 0.5) is 0 Å². The zero-order valence-electron chi connectivity index (χ0n) is 18.0. The highest BCUT2D eigenvalue weighted by Crippen LogP contribution is 2.21. The van der Waals surface area contributed by atoms with E-state index in [0.29, 0.717) is 19.8 Å². The topological polar surface area (TPSA) is 36.3 Å². The molecular weight excluding hydrogens is 384 g/mol. The molecule has 158 valence electrons. The number of nitrogens with zero attached hydrogens (tertiary/aromatic N) is 2. The number of benzene rings is 3. The summed E-state index contributed by atoms with van der Waals surface area (Å²) in [6.07, 6.45) is 3.71. The van der Waals surface area contributed by atoms with Crippen molar-refractivity contribution < 1.29 is 9.47 Å². The Hall–Kier alpha value is -3.53. The number of fused-ring (bicyclic) bond motifs is 1. The van der Waals surface area contributed by atoms with Crippen LogP contribution in [0.3, 0.4) is 0 Å². The highest BCUT2D eigenvalue weighted by atomic mass is 16.5. The van der Waals surface area contributed by atoms with E-state index in [4.69, 9.17) is 14.5 Å². The van der Waals surface area contributed by atoms with Gasteiger partial charge in [-0.1, -0.05) is 55.5 Å². The molecule has 0 saturated heterocycles. The van der Waals surface area contributed by atoms with Crippen molar-refractivity contribution in [2.45, 2.75) is 32.9 Å². The van der Waals surface area contributed by atoms with Crippen molar-refractivity contribution in [3.05, 3.63) is 102 Å². The van der Waals surface area contributed by atoms with Gasteiger partial charge in [-0.05, 0) is 54.3 Å². The fourth-order valence-electron chi connectivity index (χ4n) is 3.67. The van der Waals surface area contributed by atoms with E-state index in [1.54, 1.807) is 0 Å². The van der Waals surface area contributed by atoms with Crippen LogP contribution < -0.4 is 9.47 Å². The molecule has 4 nitrogen and oxygen atoms in total. The molecule has 0 bridgehead atoms. The second-order valence-electron chi connectivity index (χ2n) is 7.40. The molecule has 0 fully saturated rings. The minimum atomic E-state index is 0.410. The third-order valence-corrected chi connectivity index (χ3v) is 5.34. The van der Waals surface area contributed by atoms with Crippen molar-refractivity contribution in [1.82, 2.24) is 9.55 Å². The Morgan fingerprint density at radius 2 is 1.71 bits per heavy atom.